The van der Waals surface area contributed by atoms with Crippen LogP contribution >= 0.6 is 0 Å². The molecule has 122 valence electrons. The number of amides is 2. The third-order valence-electron chi connectivity index (χ3n) is 3.82. The summed E-state index contributed by atoms with van der Waals surface area (Å²) in [7, 11) is 0. The summed E-state index contributed by atoms with van der Waals surface area (Å²) in [6.07, 6.45) is 3.83. The number of aromatic nitrogens is 2. The van der Waals surface area contributed by atoms with Crippen LogP contribution < -0.4 is 5.32 Å². The Morgan fingerprint density at radius 2 is 1.96 bits per heavy atom. The molecule has 2 amide bonds. The van der Waals surface area contributed by atoms with Crippen molar-refractivity contribution < 1.29 is 9.53 Å². The van der Waals surface area contributed by atoms with Crippen molar-refractivity contribution in [2.75, 3.05) is 18.4 Å². The molecule has 1 aliphatic rings. The van der Waals surface area contributed by atoms with E-state index < -0.39 is 0 Å². The molecule has 0 radical (unpaired) electrons. The third-order valence-corrected chi connectivity index (χ3v) is 3.82. The van der Waals surface area contributed by atoms with Gasteiger partial charge in [0.15, 0.2) is 0 Å². The van der Waals surface area contributed by atoms with Crippen molar-refractivity contribution in [2.45, 2.75) is 32.6 Å². The van der Waals surface area contributed by atoms with E-state index in [1.807, 2.05) is 55.1 Å². The highest BCUT2D eigenvalue weighted by molar-refractivity contribution is 5.89. The van der Waals surface area contributed by atoms with Crippen LogP contribution in [-0.2, 0) is 11.3 Å². The van der Waals surface area contributed by atoms with Gasteiger partial charge >= 0.3 is 6.03 Å². The van der Waals surface area contributed by atoms with Gasteiger partial charge in [0.2, 0.25) is 0 Å². The predicted octanol–water partition coefficient (Wildman–Crippen LogP) is 2.57. The SMILES string of the molecule is C[C@@H]1CN(C(=O)Nc2ccc(Cn3cccn3)cc2)C[C@H](C)O1. The number of rotatable bonds is 3. The van der Waals surface area contributed by atoms with E-state index >= 15 is 0 Å². The molecule has 0 bridgehead atoms. The summed E-state index contributed by atoms with van der Waals surface area (Å²) >= 11 is 0. The van der Waals surface area contributed by atoms with Crippen LogP contribution in [0.3, 0.4) is 0 Å². The first-order chi connectivity index (χ1) is 11.1. The number of ether oxygens (including phenoxy) is 1. The maximum Gasteiger partial charge on any atom is 0.322 e. The second-order valence-electron chi connectivity index (χ2n) is 5.99. The second kappa shape index (κ2) is 6.83. The number of anilines is 1. The zero-order valence-corrected chi connectivity index (χ0v) is 13.5. The summed E-state index contributed by atoms with van der Waals surface area (Å²) in [5, 5.41) is 7.13. The summed E-state index contributed by atoms with van der Waals surface area (Å²) in [6, 6.07) is 9.67. The highest BCUT2D eigenvalue weighted by Gasteiger charge is 2.25. The molecule has 0 saturated carbocycles. The standard InChI is InChI=1S/C17H22N4O2/c1-13-10-20(11-14(2)23-13)17(22)19-16-6-4-15(5-7-16)12-21-9-3-8-18-21/h3-9,13-14H,10-12H2,1-2H3,(H,19,22)/t13-,14+. The van der Waals surface area contributed by atoms with Gasteiger partial charge in [-0.25, -0.2) is 4.79 Å². The van der Waals surface area contributed by atoms with Crippen molar-refractivity contribution in [3.8, 4) is 0 Å². The highest BCUT2D eigenvalue weighted by Crippen LogP contribution is 2.15. The number of nitrogens with one attached hydrogen (secondary N) is 1. The summed E-state index contributed by atoms with van der Waals surface area (Å²) < 4.78 is 7.52. The van der Waals surface area contributed by atoms with Crippen molar-refractivity contribution in [1.29, 1.82) is 0 Å². The van der Waals surface area contributed by atoms with Gasteiger partial charge in [-0.05, 0) is 37.6 Å². The number of hydrogen-bond donors (Lipinski definition) is 1. The van der Waals surface area contributed by atoms with Crippen LogP contribution in [0.4, 0.5) is 10.5 Å². The first-order valence-electron chi connectivity index (χ1n) is 7.88. The smallest absolute Gasteiger partial charge is 0.322 e. The molecule has 6 nitrogen and oxygen atoms in total. The van der Waals surface area contributed by atoms with Crippen molar-refractivity contribution >= 4 is 11.7 Å². The average Bonchev–Trinajstić information content (AvgIpc) is 3.01. The van der Waals surface area contributed by atoms with E-state index in [0.717, 1.165) is 17.8 Å². The van der Waals surface area contributed by atoms with Crippen LogP contribution in [0, 0.1) is 0 Å². The van der Waals surface area contributed by atoms with Crippen LogP contribution in [0.15, 0.2) is 42.7 Å². The van der Waals surface area contributed by atoms with E-state index in [1.165, 1.54) is 0 Å². The Kier molecular flexibility index (Phi) is 4.62. The fourth-order valence-electron chi connectivity index (χ4n) is 2.82. The Morgan fingerprint density at radius 1 is 1.26 bits per heavy atom. The molecule has 1 aromatic heterocycles. The maximum absolute atomic E-state index is 12.3. The molecule has 6 heteroatoms. The lowest BCUT2D eigenvalue weighted by Gasteiger charge is -2.35. The zero-order valence-electron chi connectivity index (χ0n) is 13.5. The minimum atomic E-state index is -0.0770. The number of carbonyl (C=O) groups is 1. The summed E-state index contributed by atoms with van der Waals surface area (Å²) in [6.45, 7) is 5.93. The van der Waals surface area contributed by atoms with E-state index in [4.69, 9.17) is 4.74 Å². The Balaban J connectivity index is 1.58. The first kappa shape index (κ1) is 15.6. The maximum atomic E-state index is 12.3. The Labute approximate surface area is 136 Å². The molecule has 0 unspecified atom stereocenters. The molecule has 2 aromatic rings. The molecular weight excluding hydrogens is 292 g/mol. The van der Waals surface area contributed by atoms with Crippen LogP contribution in [0.2, 0.25) is 0 Å². The van der Waals surface area contributed by atoms with Gasteiger partial charge in [-0.15, -0.1) is 0 Å². The van der Waals surface area contributed by atoms with Crippen molar-refractivity contribution in [1.82, 2.24) is 14.7 Å². The molecule has 1 aromatic carbocycles. The topological polar surface area (TPSA) is 59.4 Å². The van der Waals surface area contributed by atoms with Gasteiger partial charge < -0.3 is 15.0 Å². The van der Waals surface area contributed by atoms with Gasteiger partial charge in [0.25, 0.3) is 0 Å². The van der Waals surface area contributed by atoms with Crippen LogP contribution in [0.1, 0.15) is 19.4 Å². The Bertz CT molecular complexity index is 629. The summed E-state index contributed by atoms with van der Waals surface area (Å²) in [4.78, 5) is 14.1. The van der Waals surface area contributed by atoms with Gasteiger partial charge in [-0.3, -0.25) is 4.68 Å². The third kappa shape index (κ3) is 4.10. The molecule has 1 saturated heterocycles. The number of urea groups is 1. The Morgan fingerprint density at radius 3 is 2.57 bits per heavy atom. The molecule has 1 N–H and O–H groups in total. The normalized spacial score (nSPS) is 21.2. The summed E-state index contributed by atoms with van der Waals surface area (Å²) in [5.74, 6) is 0. The molecule has 23 heavy (non-hydrogen) atoms. The largest absolute Gasteiger partial charge is 0.372 e. The molecule has 3 rings (SSSR count). The first-order valence-corrected chi connectivity index (χ1v) is 7.88. The molecule has 1 fully saturated rings. The fraction of sp³-hybridized carbons (Fsp3) is 0.412. The number of benzene rings is 1. The van der Waals surface area contributed by atoms with E-state index in [1.54, 1.807) is 11.1 Å². The number of carbonyl (C=O) groups excluding carboxylic acids is 1. The minimum Gasteiger partial charge on any atom is -0.372 e. The molecular formula is C17H22N4O2. The van der Waals surface area contributed by atoms with Gasteiger partial charge in [0.1, 0.15) is 0 Å². The highest BCUT2D eigenvalue weighted by atomic mass is 16.5. The molecule has 1 aliphatic heterocycles. The van der Waals surface area contributed by atoms with E-state index in [0.29, 0.717) is 13.1 Å². The van der Waals surface area contributed by atoms with Gasteiger partial charge in [0, 0.05) is 31.2 Å². The lowest BCUT2D eigenvalue weighted by atomic mass is 10.2. The molecule has 2 heterocycles. The van der Waals surface area contributed by atoms with Crippen molar-refractivity contribution in [3.63, 3.8) is 0 Å². The predicted molar refractivity (Wildman–Crippen MR) is 88.4 cm³/mol. The monoisotopic (exact) mass is 314 g/mol. The van der Waals surface area contributed by atoms with Gasteiger partial charge in [0.05, 0.1) is 18.8 Å². The lowest BCUT2D eigenvalue weighted by Crippen LogP contribution is -2.49. The van der Waals surface area contributed by atoms with E-state index in [2.05, 4.69) is 10.4 Å². The van der Waals surface area contributed by atoms with E-state index in [9.17, 15) is 4.79 Å². The summed E-state index contributed by atoms with van der Waals surface area (Å²) in [5.41, 5.74) is 1.94. The number of hydrogen-bond acceptors (Lipinski definition) is 3. The van der Waals surface area contributed by atoms with Crippen molar-refractivity contribution in [3.05, 3.63) is 48.3 Å². The molecule has 0 aliphatic carbocycles. The molecule has 0 spiro atoms. The Hall–Kier alpha value is -2.34. The lowest BCUT2D eigenvalue weighted by molar-refractivity contribution is -0.0530. The second-order valence-corrected chi connectivity index (χ2v) is 5.99. The van der Waals surface area contributed by atoms with Crippen LogP contribution in [-0.4, -0.2) is 46.0 Å². The van der Waals surface area contributed by atoms with Crippen LogP contribution in [0.5, 0.6) is 0 Å². The fourth-order valence-corrected chi connectivity index (χ4v) is 2.82. The number of morpholine rings is 1. The quantitative estimate of drug-likeness (QED) is 0.947. The minimum absolute atomic E-state index is 0.0703. The zero-order chi connectivity index (χ0) is 16.2. The molecule has 2 atom stereocenters. The van der Waals surface area contributed by atoms with Gasteiger partial charge in [-0.1, -0.05) is 12.1 Å². The van der Waals surface area contributed by atoms with E-state index in [-0.39, 0.29) is 18.2 Å². The van der Waals surface area contributed by atoms with Gasteiger partial charge in [-0.2, -0.15) is 5.10 Å². The van der Waals surface area contributed by atoms with Crippen molar-refractivity contribution in [2.24, 2.45) is 0 Å². The van der Waals surface area contributed by atoms with Crippen LogP contribution in [0.25, 0.3) is 0 Å². The number of nitrogens with zero attached hydrogens (tertiary/aromatic N) is 3. The average molecular weight is 314 g/mol.